The Morgan fingerprint density at radius 3 is 2.37 bits per heavy atom. The van der Waals surface area contributed by atoms with Crippen LogP contribution in [0.25, 0.3) is 0 Å². The molecular formula is C23H28BrN3O3. The molecule has 1 saturated heterocycles. The average molecular weight is 474 g/mol. The van der Waals surface area contributed by atoms with E-state index in [-0.39, 0.29) is 18.3 Å². The molecule has 0 radical (unpaired) electrons. The Labute approximate surface area is 186 Å². The molecule has 1 N–H and O–H groups in total. The number of piperazine rings is 1. The molecule has 0 spiro atoms. The fraction of sp³-hybridized carbons (Fsp3) is 0.391. The van der Waals surface area contributed by atoms with Crippen LogP contribution in [0.1, 0.15) is 29.8 Å². The van der Waals surface area contributed by atoms with Gasteiger partial charge in [0.1, 0.15) is 0 Å². The van der Waals surface area contributed by atoms with Gasteiger partial charge < -0.3 is 19.9 Å². The fourth-order valence-corrected chi connectivity index (χ4v) is 3.80. The number of carbonyl (C=O) groups is 2. The number of nitrogens with zero attached hydrogens (tertiary/aromatic N) is 2. The lowest BCUT2D eigenvalue weighted by molar-refractivity contribution is -0.115. The van der Waals surface area contributed by atoms with Gasteiger partial charge in [-0.25, -0.2) is 4.79 Å². The van der Waals surface area contributed by atoms with Gasteiger partial charge in [-0.15, -0.1) is 0 Å². The topological polar surface area (TPSA) is 61.9 Å². The van der Waals surface area contributed by atoms with Crippen LogP contribution < -0.4 is 10.2 Å². The summed E-state index contributed by atoms with van der Waals surface area (Å²) in [7, 11) is 0. The van der Waals surface area contributed by atoms with Crippen molar-refractivity contribution >= 4 is 39.2 Å². The predicted molar refractivity (Wildman–Crippen MR) is 123 cm³/mol. The van der Waals surface area contributed by atoms with E-state index in [9.17, 15) is 9.59 Å². The first-order valence-electron chi connectivity index (χ1n) is 10.3. The molecule has 0 unspecified atom stereocenters. The number of nitrogens with one attached hydrogen (secondary N) is 1. The van der Waals surface area contributed by atoms with Crippen molar-refractivity contribution in [2.45, 2.75) is 20.3 Å². The normalized spacial score (nSPS) is 14.4. The molecule has 0 aliphatic carbocycles. The van der Waals surface area contributed by atoms with Crippen LogP contribution in [0.3, 0.4) is 0 Å². The maximum absolute atomic E-state index is 12.7. The van der Waals surface area contributed by atoms with Crippen LogP contribution in [0, 0.1) is 0 Å². The zero-order valence-corrected chi connectivity index (χ0v) is 19.1. The van der Waals surface area contributed by atoms with Crippen LogP contribution in [0.15, 0.2) is 46.9 Å². The number of hydrogen-bond acceptors (Lipinski definition) is 5. The Balaban J connectivity index is 1.80. The molecule has 1 fully saturated rings. The van der Waals surface area contributed by atoms with Gasteiger partial charge in [0, 0.05) is 30.7 Å². The number of esters is 1. The third-order valence-corrected chi connectivity index (χ3v) is 5.75. The molecule has 7 heteroatoms. The molecule has 30 heavy (non-hydrogen) atoms. The molecule has 1 heterocycles. The minimum absolute atomic E-state index is 0.119. The largest absolute Gasteiger partial charge is 0.462 e. The molecule has 2 aromatic carbocycles. The van der Waals surface area contributed by atoms with Gasteiger partial charge >= 0.3 is 5.97 Å². The summed E-state index contributed by atoms with van der Waals surface area (Å²) in [5.41, 5.74) is 2.94. The summed E-state index contributed by atoms with van der Waals surface area (Å²) < 4.78 is 6.11. The summed E-state index contributed by atoms with van der Waals surface area (Å²) in [6, 6.07) is 13.1. The lowest BCUT2D eigenvalue weighted by atomic mass is 10.1. The lowest BCUT2D eigenvalue weighted by Gasteiger charge is -2.36. The standard InChI is InChI=1S/C23H28BrN3O3/c1-3-26-11-13-27(14-12-26)21-10-7-18(23(29)30-4-2)16-20(21)25-22(28)15-17-5-8-19(24)9-6-17/h5-10,16H,3-4,11-15H2,1-2H3,(H,25,28). The Kier molecular flexibility index (Phi) is 7.87. The van der Waals surface area contributed by atoms with Crippen LogP contribution in [-0.4, -0.2) is 56.1 Å². The zero-order valence-electron chi connectivity index (χ0n) is 17.5. The summed E-state index contributed by atoms with van der Waals surface area (Å²) in [6.45, 7) is 8.99. The SMILES string of the molecule is CCOC(=O)c1ccc(N2CCN(CC)CC2)c(NC(=O)Cc2ccc(Br)cc2)c1. The summed E-state index contributed by atoms with van der Waals surface area (Å²) in [5, 5.41) is 3.02. The van der Waals surface area contributed by atoms with Crippen molar-refractivity contribution in [2.75, 3.05) is 49.5 Å². The van der Waals surface area contributed by atoms with E-state index in [4.69, 9.17) is 4.74 Å². The lowest BCUT2D eigenvalue weighted by Crippen LogP contribution is -2.46. The number of halogens is 1. The molecule has 0 bridgehead atoms. The second-order valence-electron chi connectivity index (χ2n) is 7.23. The Morgan fingerprint density at radius 1 is 1.03 bits per heavy atom. The van der Waals surface area contributed by atoms with Crippen LogP contribution in [-0.2, 0) is 16.0 Å². The Bertz CT molecular complexity index is 878. The smallest absolute Gasteiger partial charge is 0.338 e. The quantitative estimate of drug-likeness (QED) is 0.616. The number of amides is 1. The first-order valence-corrected chi connectivity index (χ1v) is 11.1. The van der Waals surface area contributed by atoms with Crippen molar-refractivity contribution in [2.24, 2.45) is 0 Å². The Morgan fingerprint density at radius 2 is 1.73 bits per heavy atom. The van der Waals surface area contributed by atoms with Gasteiger partial charge in [0.2, 0.25) is 5.91 Å². The maximum Gasteiger partial charge on any atom is 0.338 e. The fourth-order valence-electron chi connectivity index (χ4n) is 3.54. The van der Waals surface area contributed by atoms with Gasteiger partial charge in [0.15, 0.2) is 0 Å². The zero-order chi connectivity index (χ0) is 21.5. The van der Waals surface area contributed by atoms with E-state index in [0.717, 1.165) is 48.4 Å². The molecule has 3 rings (SSSR count). The molecule has 2 aromatic rings. The van der Waals surface area contributed by atoms with Crippen molar-refractivity contribution in [1.29, 1.82) is 0 Å². The monoisotopic (exact) mass is 473 g/mol. The summed E-state index contributed by atoms with van der Waals surface area (Å²) >= 11 is 3.41. The second-order valence-corrected chi connectivity index (χ2v) is 8.14. The van der Waals surface area contributed by atoms with E-state index < -0.39 is 0 Å². The van der Waals surface area contributed by atoms with E-state index in [1.54, 1.807) is 19.1 Å². The van der Waals surface area contributed by atoms with Gasteiger partial charge in [-0.2, -0.15) is 0 Å². The minimum Gasteiger partial charge on any atom is -0.462 e. The maximum atomic E-state index is 12.7. The van der Waals surface area contributed by atoms with Crippen LogP contribution >= 0.6 is 15.9 Å². The highest BCUT2D eigenvalue weighted by molar-refractivity contribution is 9.10. The van der Waals surface area contributed by atoms with E-state index in [1.165, 1.54) is 0 Å². The van der Waals surface area contributed by atoms with Gasteiger partial charge in [0.25, 0.3) is 0 Å². The number of rotatable bonds is 7. The van der Waals surface area contributed by atoms with Crippen molar-refractivity contribution in [1.82, 2.24) is 4.90 Å². The van der Waals surface area contributed by atoms with Gasteiger partial charge in [-0.3, -0.25) is 4.79 Å². The highest BCUT2D eigenvalue weighted by Crippen LogP contribution is 2.29. The molecule has 6 nitrogen and oxygen atoms in total. The van der Waals surface area contributed by atoms with Crippen molar-refractivity contribution in [3.8, 4) is 0 Å². The van der Waals surface area contributed by atoms with E-state index in [1.807, 2.05) is 30.3 Å². The number of hydrogen-bond donors (Lipinski definition) is 1. The second kappa shape index (κ2) is 10.6. The number of ether oxygens (including phenoxy) is 1. The van der Waals surface area contributed by atoms with Crippen LogP contribution in [0.4, 0.5) is 11.4 Å². The van der Waals surface area contributed by atoms with Crippen LogP contribution in [0.5, 0.6) is 0 Å². The van der Waals surface area contributed by atoms with E-state index in [0.29, 0.717) is 17.9 Å². The van der Waals surface area contributed by atoms with Crippen molar-refractivity contribution < 1.29 is 14.3 Å². The van der Waals surface area contributed by atoms with Gasteiger partial charge in [0.05, 0.1) is 30.0 Å². The molecule has 1 aliphatic heterocycles. The molecular weight excluding hydrogens is 446 g/mol. The molecule has 160 valence electrons. The third kappa shape index (κ3) is 5.83. The number of carbonyl (C=O) groups excluding carboxylic acids is 2. The average Bonchev–Trinajstić information content (AvgIpc) is 2.75. The van der Waals surface area contributed by atoms with Crippen molar-refractivity contribution in [3.05, 3.63) is 58.1 Å². The van der Waals surface area contributed by atoms with Crippen LogP contribution in [0.2, 0.25) is 0 Å². The van der Waals surface area contributed by atoms with E-state index in [2.05, 4.69) is 38.0 Å². The molecule has 0 atom stereocenters. The predicted octanol–water partition coefficient (Wildman–Crippen LogP) is 3.95. The molecule has 0 aromatic heterocycles. The first-order chi connectivity index (χ1) is 14.5. The number of benzene rings is 2. The minimum atomic E-state index is -0.386. The Hall–Kier alpha value is -2.38. The third-order valence-electron chi connectivity index (χ3n) is 5.22. The first kappa shape index (κ1) is 22.3. The summed E-state index contributed by atoms with van der Waals surface area (Å²) in [4.78, 5) is 29.6. The highest BCUT2D eigenvalue weighted by Gasteiger charge is 2.21. The molecule has 1 aliphatic rings. The number of anilines is 2. The van der Waals surface area contributed by atoms with Gasteiger partial charge in [-0.05, 0) is 49.4 Å². The van der Waals surface area contributed by atoms with Crippen molar-refractivity contribution in [3.63, 3.8) is 0 Å². The number of likely N-dealkylation sites (N-methyl/N-ethyl adjacent to an activating group) is 1. The molecule has 0 saturated carbocycles. The highest BCUT2D eigenvalue weighted by atomic mass is 79.9. The summed E-state index contributed by atoms with van der Waals surface area (Å²) in [5.74, 6) is -0.505. The molecule has 1 amide bonds. The van der Waals surface area contributed by atoms with E-state index >= 15 is 0 Å². The summed E-state index contributed by atoms with van der Waals surface area (Å²) in [6.07, 6.45) is 0.264. The van der Waals surface area contributed by atoms with Gasteiger partial charge in [-0.1, -0.05) is 35.0 Å².